The zero-order chi connectivity index (χ0) is 12.5. The fourth-order valence-electron chi connectivity index (χ4n) is 2.05. The van der Waals surface area contributed by atoms with Gasteiger partial charge >= 0.3 is 0 Å². The van der Waals surface area contributed by atoms with Crippen LogP contribution in [0.5, 0.6) is 0 Å². The monoisotopic (exact) mass is 230 g/mol. The first-order chi connectivity index (χ1) is 8.31. The molecule has 0 aliphatic heterocycles. The van der Waals surface area contributed by atoms with Crippen molar-refractivity contribution < 1.29 is 0 Å². The second-order valence-electron chi connectivity index (χ2n) is 4.56. The summed E-state index contributed by atoms with van der Waals surface area (Å²) in [5.41, 5.74) is 1.81. The minimum atomic E-state index is 0.572. The Morgan fingerprint density at radius 3 is 2.24 bits per heavy atom. The van der Waals surface area contributed by atoms with Crippen molar-refractivity contribution in [2.24, 2.45) is 0 Å². The smallest absolute Gasteiger partial charge is 0.101 e. The maximum atomic E-state index is 8.76. The zero-order valence-electron chi connectivity index (χ0n) is 10.9. The van der Waals surface area contributed by atoms with Crippen LogP contribution in [-0.4, -0.2) is 4.98 Å². The van der Waals surface area contributed by atoms with E-state index in [0.29, 0.717) is 11.5 Å². The largest absolute Gasteiger partial charge is 0.260 e. The summed E-state index contributed by atoms with van der Waals surface area (Å²) in [6, 6.07) is 6.02. The summed E-state index contributed by atoms with van der Waals surface area (Å²) in [5.74, 6) is 0.572. The minimum absolute atomic E-state index is 0.572. The Kier molecular flexibility index (Phi) is 6.32. The molecule has 1 aromatic heterocycles. The predicted molar refractivity (Wildman–Crippen MR) is 70.7 cm³/mol. The highest BCUT2D eigenvalue weighted by Crippen LogP contribution is 2.26. The number of aromatic nitrogens is 1. The van der Waals surface area contributed by atoms with Crippen molar-refractivity contribution >= 4 is 0 Å². The lowest BCUT2D eigenvalue weighted by Gasteiger charge is -2.15. The van der Waals surface area contributed by atoms with Crippen LogP contribution < -0.4 is 0 Å². The van der Waals surface area contributed by atoms with E-state index in [0.717, 1.165) is 5.69 Å². The fourth-order valence-corrected chi connectivity index (χ4v) is 2.05. The summed E-state index contributed by atoms with van der Waals surface area (Å²) in [4.78, 5) is 4.43. The van der Waals surface area contributed by atoms with E-state index in [9.17, 15) is 0 Å². The number of nitriles is 1. The molecule has 0 saturated carbocycles. The zero-order valence-corrected chi connectivity index (χ0v) is 10.9. The molecule has 0 fully saturated rings. The number of hydrogen-bond acceptors (Lipinski definition) is 2. The third kappa shape index (κ3) is 4.56. The number of hydrogen-bond donors (Lipinski definition) is 0. The van der Waals surface area contributed by atoms with Crippen molar-refractivity contribution in [2.45, 2.75) is 58.3 Å². The molecule has 0 bridgehead atoms. The van der Waals surface area contributed by atoms with E-state index in [4.69, 9.17) is 5.26 Å². The molecule has 2 heteroatoms. The van der Waals surface area contributed by atoms with Gasteiger partial charge in [-0.05, 0) is 25.0 Å². The highest BCUT2D eigenvalue weighted by Gasteiger charge is 2.11. The van der Waals surface area contributed by atoms with Crippen LogP contribution >= 0.6 is 0 Å². The summed E-state index contributed by atoms with van der Waals surface area (Å²) < 4.78 is 0. The normalized spacial score (nSPS) is 10.5. The molecule has 0 radical (unpaired) electrons. The molecule has 2 nitrogen and oxygen atoms in total. The molecule has 1 heterocycles. The van der Waals surface area contributed by atoms with E-state index in [-0.39, 0.29) is 0 Å². The number of unbranched alkanes of at least 4 members (excludes halogenated alkanes) is 2. The molecular weight excluding hydrogens is 208 g/mol. The number of pyridine rings is 1. The van der Waals surface area contributed by atoms with Crippen molar-refractivity contribution in [2.75, 3.05) is 0 Å². The standard InChI is InChI=1S/C15H22N2/c1-3-5-7-14(8-6-4-2)15-10-9-13(11-16)12-17-15/h9-10,12,14H,3-8H2,1-2H3. The maximum absolute atomic E-state index is 8.76. The van der Waals surface area contributed by atoms with Crippen LogP contribution in [0.15, 0.2) is 18.3 Å². The van der Waals surface area contributed by atoms with Gasteiger partial charge in [0.15, 0.2) is 0 Å². The van der Waals surface area contributed by atoms with Crippen molar-refractivity contribution in [1.82, 2.24) is 4.98 Å². The molecule has 1 aromatic rings. The van der Waals surface area contributed by atoms with Gasteiger partial charge in [-0.15, -0.1) is 0 Å². The molecule has 0 unspecified atom stereocenters. The van der Waals surface area contributed by atoms with Crippen LogP contribution in [-0.2, 0) is 0 Å². The molecule has 0 N–H and O–H groups in total. The van der Waals surface area contributed by atoms with Crippen LogP contribution in [0, 0.1) is 11.3 Å². The van der Waals surface area contributed by atoms with E-state index in [1.54, 1.807) is 6.20 Å². The van der Waals surface area contributed by atoms with Crippen molar-refractivity contribution in [3.05, 3.63) is 29.6 Å². The highest BCUT2D eigenvalue weighted by atomic mass is 14.7. The van der Waals surface area contributed by atoms with Crippen LogP contribution in [0.2, 0.25) is 0 Å². The van der Waals surface area contributed by atoms with E-state index < -0.39 is 0 Å². The second-order valence-corrected chi connectivity index (χ2v) is 4.56. The molecule has 0 spiro atoms. The van der Waals surface area contributed by atoms with Gasteiger partial charge in [0, 0.05) is 17.8 Å². The van der Waals surface area contributed by atoms with E-state index in [1.165, 1.54) is 38.5 Å². The summed E-state index contributed by atoms with van der Waals surface area (Å²) in [7, 11) is 0. The van der Waals surface area contributed by atoms with Gasteiger partial charge < -0.3 is 0 Å². The van der Waals surface area contributed by atoms with Crippen molar-refractivity contribution in [3.8, 4) is 6.07 Å². The molecule has 0 saturated heterocycles. The summed E-state index contributed by atoms with van der Waals surface area (Å²) in [5, 5.41) is 8.76. The highest BCUT2D eigenvalue weighted by molar-refractivity contribution is 5.27. The lowest BCUT2D eigenvalue weighted by atomic mass is 9.92. The third-order valence-corrected chi connectivity index (χ3v) is 3.15. The van der Waals surface area contributed by atoms with Gasteiger partial charge in [0.1, 0.15) is 6.07 Å². The number of nitrogens with zero attached hydrogens (tertiary/aromatic N) is 2. The SMILES string of the molecule is CCCCC(CCCC)c1ccc(C#N)cn1. The Morgan fingerprint density at radius 1 is 1.18 bits per heavy atom. The third-order valence-electron chi connectivity index (χ3n) is 3.15. The molecule has 0 amide bonds. The Morgan fingerprint density at radius 2 is 1.82 bits per heavy atom. The predicted octanol–water partition coefficient (Wildman–Crippen LogP) is 4.42. The van der Waals surface area contributed by atoms with Gasteiger partial charge in [-0.1, -0.05) is 39.5 Å². The van der Waals surface area contributed by atoms with Gasteiger partial charge in [0.2, 0.25) is 0 Å². The molecular formula is C15H22N2. The Bertz CT molecular complexity index is 340. The second kappa shape index (κ2) is 7.84. The van der Waals surface area contributed by atoms with Gasteiger partial charge in [-0.3, -0.25) is 4.98 Å². The minimum Gasteiger partial charge on any atom is -0.260 e. The first-order valence-corrected chi connectivity index (χ1v) is 6.67. The lowest BCUT2D eigenvalue weighted by Crippen LogP contribution is -2.02. The van der Waals surface area contributed by atoms with Crippen LogP contribution in [0.3, 0.4) is 0 Å². The fraction of sp³-hybridized carbons (Fsp3) is 0.600. The molecule has 0 aliphatic rings. The average Bonchev–Trinajstić information content (AvgIpc) is 2.39. The number of rotatable bonds is 7. The average molecular weight is 230 g/mol. The Hall–Kier alpha value is -1.36. The van der Waals surface area contributed by atoms with Gasteiger partial charge in [-0.25, -0.2) is 0 Å². The van der Waals surface area contributed by atoms with Gasteiger partial charge in [0.25, 0.3) is 0 Å². The topological polar surface area (TPSA) is 36.7 Å². The Balaban J connectivity index is 2.69. The molecule has 0 aliphatic carbocycles. The molecule has 0 atom stereocenters. The van der Waals surface area contributed by atoms with Crippen molar-refractivity contribution in [1.29, 1.82) is 5.26 Å². The van der Waals surface area contributed by atoms with E-state index in [2.05, 4.69) is 24.9 Å². The van der Waals surface area contributed by atoms with Crippen LogP contribution in [0.1, 0.15) is 69.5 Å². The molecule has 17 heavy (non-hydrogen) atoms. The molecule has 0 aromatic carbocycles. The van der Waals surface area contributed by atoms with Gasteiger partial charge in [-0.2, -0.15) is 5.26 Å². The summed E-state index contributed by atoms with van der Waals surface area (Å²) in [6.45, 7) is 4.45. The summed E-state index contributed by atoms with van der Waals surface area (Å²) >= 11 is 0. The van der Waals surface area contributed by atoms with E-state index in [1.807, 2.05) is 12.1 Å². The Labute approximate surface area is 105 Å². The maximum Gasteiger partial charge on any atom is 0.101 e. The first-order valence-electron chi connectivity index (χ1n) is 6.67. The summed E-state index contributed by atoms with van der Waals surface area (Å²) in [6.07, 6.45) is 9.12. The van der Waals surface area contributed by atoms with E-state index >= 15 is 0 Å². The molecule has 92 valence electrons. The lowest BCUT2D eigenvalue weighted by molar-refractivity contribution is 0.515. The first kappa shape index (κ1) is 13.7. The quantitative estimate of drug-likeness (QED) is 0.695. The van der Waals surface area contributed by atoms with Crippen LogP contribution in [0.4, 0.5) is 0 Å². The van der Waals surface area contributed by atoms with Crippen LogP contribution in [0.25, 0.3) is 0 Å². The van der Waals surface area contributed by atoms with Crippen molar-refractivity contribution in [3.63, 3.8) is 0 Å². The molecule has 1 rings (SSSR count). The van der Waals surface area contributed by atoms with Gasteiger partial charge in [0.05, 0.1) is 5.56 Å².